The molecule has 0 bridgehead atoms. The van der Waals surface area contributed by atoms with Gasteiger partial charge < -0.3 is 20.1 Å². The number of anilines is 1. The van der Waals surface area contributed by atoms with Gasteiger partial charge in [0.15, 0.2) is 0 Å². The third-order valence-electron chi connectivity index (χ3n) is 2.70. The van der Waals surface area contributed by atoms with Crippen molar-refractivity contribution in [3.05, 3.63) is 23.8 Å². The van der Waals surface area contributed by atoms with Crippen LogP contribution >= 0.6 is 0 Å². The zero-order chi connectivity index (χ0) is 15.1. The predicted octanol–water partition coefficient (Wildman–Crippen LogP) is 1.30. The molecule has 0 saturated carbocycles. The smallest absolute Gasteiger partial charge is 0.341 e. The molecule has 0 aromatic heterocycles. The van der Waals surface area contributed by atoms with E-state index < -0.39 is 5.97 Å². The molecule has 1 amide bonds. The van der Waals surface area contributed by atoms with Crippen LogP contribution < -0.4 is 10.5 Å². The number of hydrogen-bond acceptors (Lipinski definition) is 5. The molecule has 0 unspecified atom stereocenters. The SMILES string of the molecule is COC(=O)c1ccc(N)cc1OCCCC(=O)N(C)C. The Morgan fingerprint density at radius 2 is 2.00 bits per heavy atom. The normalized spacial score (nSPS) is 9.95. The third-order valence-corrected chi connectivity index (χ3v) is 2.70. The van der Waals surface area contributed by atoms with E-state index in [1.165, 1.54) is 12.0 Å². The van der Waals surface area contributed by atoms with Crippen molar-refractivity contribution in [2.24, 2.45) is 0 Å². The maximum absolute atomic E-state index is 11.6. The lowest BCUT2D eigenvalue weighted by Crippen LogP contribution is -2.21. The topological polar surface area (TPSA) is 81.9 Å². The average Bonchev–Trinajstić information content (AvgIpc) is 2.42. The highest BCUT2D eigenvalue weighted by molar-refractivity contribution is 5.93. The van der Waals surface area contributed by atoms with Gasteiger partial charge in [-0.25, -0.2) is 4.79 Å². The molecule has 6 nitrogen and oxygen atoms in total. The van der Waals surface area contributed by atoms with E-state index in [9.17, 15) is 9.59 Å². The minimum atomic E-state index is -0.482. The molecule has 0 aliphatic carbocycles. The number of methoxy groups -OCH3 is 1. The summed E-state index contributed by atoms with van der Waals surface area (Å²) in [6, 6.07) is 4.73. The van der Waals surface area contributed by atoms with Crippen LogP contribution in [0.25, 0.3) is 0 Å². The molecule has 0 heterocycles. The van der Waals surface area contributed by atoms with Crippen LogP contribution in [0.15, 0.2) is 18.2 Å². The number of nitrogens with zero attached hydrogens (tertiary/aromatic N) is 1. The molecule has 6 heteroatoms. The van der Waals surface area contributed by atoms with Crippen molar-refractivity contribution in [3.63, 3.8) is 0 Å². The second-order valence-corrected chi connectivity index (χ2v) is 4.49. The zero-order valence-corrected chi connectivity index (χ0v) is 12.0. The van der Waals surface area contributed by atoms with Crippen molar-refractivity contribution < 1.29 is 19.1 Å². The Balaban J connectivity index is 2.61. The molecule has 0 saturated heterocycles. The molecule has 1 rings (SSSR count). The number of rotatable bonds is 6. The van der Waals surface area contributed by atoms with Crippen LogP contribution in [-0.4, -0.2) is 44.6 Å². The molecule has 0 radical (unpaired) electrons. The lowest BCUT2D eigenvalue weighted by molar-refractivity contribution is -0.128. The molecule has 0 spiro atoms. The molecule has 0 atom stereocenters. The van der Waals surface area contributed by atoms with Crippen molar-refractivity contribution in [2.75, 3.05) is 33.5 Å². The van der Waals surface area contributed by atoms with E-state index in [0.29, 0.717) is 36.4 Å². The average molecular weight is 280 g/mol. The summed E-state index contributed by atoms with van der Waals surface area (Å²) in [6.07, 6.45) is 0.954. The van der Waals surface area contributed by atoms with Gasteiger partial charge in [0.1, 0.15) is 11.3 Å². The summed E-state index contributed by atoms with van der Waals surface area (Å²) in [6.45, 7) is 0.326. The molecule has 1 aromatic rings. The van der Waals surface area contributed by atoms with Crippen molar-refractivity contribution in [2.45, 2.75) is 12.8 Å². The van der Waals surface area contributed by atoms with E-state index in [-0.39, 0.29) is 5.91 Å². The lowest BCUT2D eigenvalue weighted by Gasteiger charge is -2.12. The van der Waals surface area contributed by atoms with Gasteiger partial charge in [0.2, 0.25) is 5.91 Å². The van der Waals surface area contributed by atoms with E-state index in [1.54, 1.807) is 32.3 Å². The van der Waals surface area contributed by atoms with Crippen molar-refractivity contribution in [3.8, 4) is 5.75 Å². The van der Waals surface area contributed by atoms with Gasteiger partial charge in [-0.15, -0.1) is 0 Å². The number of nitrogens with two attached hydrogens (primary N) is 1. The van der Waals surface area contributed by atoms with E-state index in [2.05, 4.69) is 4.74 Å². The van der Waals surface area contributed by atoms with E-state index in [4.69, 9.17) is 10.5 Å². The first-order valence-electron chi connectivity index (χ1n) is 6.26. The van der Waals surface area contributed by atoms with Gasteiger partial charge >= 0.3 is 5.97 Å². The molecule has 1 aromatic carbocycles. The Kier molecular flexibility index (Phi) is 5.83. The van der Waals surface area contributed by atoms with Gasteiger partial charge in [-0.3, -0.25) is 4.79 Å². The summed E-state index contributed by atoms with van der Waals surface area (Å²) in [5, 5.41) is 0. The second kappa shape index (κ2) is 7.37. The van der Waals surface area contributed by atoms with Gasteiger partial charge in [-0.2, -0.15) is 0 Å². The Labute approximate surface area is 118 Å². The molecule has 20 heavy (non-hydrogen) atoms. The van der Waals surface area contributed by atoms with Gasteiger partial charge in [-0.05, 0) is 18.6 Å². The maximum Gasteiger partial charge on any atom is 0.341 e. The monoisotopic (exact) mass is 280 g/mol. The first-order chi connectivity index (χ1) is 9.45. The first-order valence-corrected chi connectivity index (χ1v) is 6.26. The summed E-state index contributed by atoms with van der Waals surface area (Å²) >= 11 is 0. The summed E-state index contributed by atoms with van der Waals surface area (Å²) < 4.78 is 10.2. The minimum absolute atomic E-state index is 0.0365. The van der Waals surface area contributed by atoms with Crippen LogP contribution in [0.3, 0.4) is 0 Å². The molecule has 0 aliphatic rings. The largest absolute Gasteiger partial charge is 0.493 e. The summed E-state index contributed by atoms with van der Waals surface area (Å²) in [7, 11) is 4.71. The van der Waals surface area contributed by atoms with Gasteiger partial charge in [0, 0.05) is 32.3 Å². The van der Waals surface area contributed by atoms with Crippen molar-refractivity contribution >= 4 is 17.6 Å². The van der Waals surface area contributed by atoms with Crippen LogP contribution in [0, 0.1) is 0 Å². The quantitative estimate of drug-likeness (QED) is 0.482. The summed E-state index contributed by atoms with van der Waals surface area (Å²) in [4.78, 5) is 24.5. The Bertz CT molecular complexity index is 486. The first kappa shape index (κ1) is 15.8. The highest BCUT2D eigenvalue weighted by Gasteiger charge is 2.13. The Morgan fingerprint density at radius 3 is 2.60 bits per heavy atom. The number of carbonyl (C=O) groups is 2. The highest BCUT2D eigenvalue weighted by atomic mass is 16.5. The molecule has 0 aliphatic heterocycles. The highest BCUT2D eigenvalue weighted by Crippen LogP contribution is 2.23. The van der Waals surface area contributed by atoms with Crippen LogP contribution in [0.4, 0.5) is 5.69 Å². The van der Waals surface area contributed by atoms with Crippen molar-refractivity contribution in [1.82, 2.24) is 4.90 Å². The minimum Gasteiger partial charge on any atom is -0.493 e. The molecule has 110 valence electrons. The van der Waals surface area contributed by atoms with E-state index >= 15 is 0 Å². The Morgan fingerprint density at radius 1 is 1.30 bits per heavy atom. The molecular weight excluding hydrogens is 260 g/mol. The van der Waals surface area contributed by atoms with Crippen LogP contribution in [0.1, 0.15) is 23.2 Å². The van der Waals surface area contributed by atoms with Crippen LogP contribution in [0.2, 0.25) is 0 Å². The van der Waals surface area contributed by atoms with Gasteiger partial charge in [0.05, 0.1) is 13.7 Å². The van der Waals surface area contributed by atoms with E-state index in [0.717, 1.165) is 0 Å². The van der Waals surface area contributed by atoms with Gasteiger partial charge in [0.25, 0.3) is 0 Å². The van der Waals surface area contributed by atoms with Crippen LogP contribution in [-0.2, 0) is 9.53 Å². The summed E-state index contributed by atoms with van der Waals surface area (Å²) in [5.74, 6) is -0.0760. The number of carbonyl (C=O) groups excluding carboxylic acids is 2. The fourth-order valence-corrected chi connectivity index (χ4v) is 1.57. The standard InChI is InChI=1S/C14H20N2O4/c1-16(2)13(17)5-4-8-20-12-9-10(15)6-7-11(12)14(18)19-3/h6-7,9H,4-5,8,15H2,1-3H3. The van der Waals surface area contributed by atoms with E-state index in [1.807, 2.05) is 0 Å². The number of hydrogen-bond donors (Lipinski definition) is 1. The maximum atomic E-state index is 11.6. The Hall–Kier alpha value is -2.24. The number of ether oxygens (including phenoxy) is 2. The number of amides is 1. The molecule has 2 N–H and O–H groups in total. The fourth-order valence-electron chi connectivity index (χ4n) is 1.57. The second-order valence-electron chi connectivity index (χ2n) is 4.49. The lowest BCUT2D eigenvalue weighted by atomic mass is 10.2. The third kappa shape index (κ3) is 4.46. The van der Waals surface area contributed by atoms with Gasteiger partial charge in [-0.1, -0.05) is 0 Å². The summed E-state index contributed by atoms with van der Waals surface area (Å²) in [5.41, 5.74) is 6.49. The van der Waals surface area contributed by atoms with Crippen molar-refractivity contribution in [1.29, 1.82) is 0 Å². The number of benzene rings is 1. The number of esters is 1. The fraction of sp³-hybridized carbons (Fsp3) is 0.429. The molecular formula is C14H20N2O4. The zero-order valence-electron chi connectivity index (χ0n) is 12.0. The molecule has 0 fully saturated rings. The predicted molar refractivity (Wildman–Crippen MR) is 75.6 cm³/mol. The number of nitrogen functional groups attached to an aromatic ring is 1. The van der Waals surface area contributed by atoms with Crippen LogP contribution in [0.5, 0.6) is 5.75 Å².